The zero-order valence-electron chi connectivity index (χ0n) is 8.23. The van der Waals surface area contributed by atoms with Gasteiger partial charge in [0.15, 0.2) is 7.14 Å². The minimum Gasteiger partial charge on any atom is -0.386 e. The second-order valence-electron chi connectivity index (χ2n) is 3.25. The first kappa shape index (κ1) is 14.3. The molecule has 0 heterocycles. The molecule has 0 aromatic rings. The van der Waals surface area contributed by atoms with Gasteiger partial charge in [0.05, 0.1) is 0 Å². The van der Waals surface area contributed by atoms with Crippen LogP contribution < -0.4 is 0 Å². The smallest absolute Gasteiger partial charge is 0.335 e. The molecule has 86 valence electrons. The zero-order chi connectivity index (χ0) is 11.7. The van der Waals surface area contributed by atoms with Gasteiger partial charge >= 0.3 is 7.60 Å². The van der Waals surface area contributed by atoms with Crippen LogP contribution in [0.5, 0.6) is 0 Å². The molecule has 0 aromatic carbocycles. The van der Waals surface area contributed by atoms with Crippen molar-refractivity contribution in [2.24, 2.45) is 0 Å². The molecule has 0 bridgehead atoms. The molecular formula is C6H16O6P2. The Morgan fingerprint density at radius 2 is 1.21 bits per heavy atom. The summed E-state index contributed by atoms with van der Waals surface area (Å²) >= 11 is 0. The molecular weight excluding hydrogens is 230 g/mol. The van der Waals surface area contributed by atoms with Crippen molar-refractivity contribution in [2.75, 3.05) is 0 Å². The van der Waals surface area contributed by atoms with Crippen molar-refractivity contribution in [3.63, 3.8) is 0 Å². The molecule has 0 rings (SSSR count). The van der Waals surface area contributed by atoms with Crippen LogP contribution in [0.1, 0.15) is 20.8 Å². The fourth-order valence-electron chi connectivity index (χ4n) is 1.17. The lowest BCUT2D eigenvalue weighted by atomic mass is 10.8. The quantitative estimate of drug-likeness (QED) is 0.538. The Balaban J connectivity index is 5.26. The highest BCUT2D eigenvalue weighted by Gasteiger charge is 2.47. The van der Waals surface area contributed by atoms with Gasteiger partial charge < -0.3 is 24.6 Å². The van der Waals surface area contributed by atoms with Gasteiger partial charge in [-0.25, -0.2) is 0 Å². The summed E-state index contributed by atoms with van der Waals surface area (Å²) in [6.07, 6.45) is 0. The van der Waals surface area contributed by atoms with Crippen molar-refractivity contribution in [1.29, 1.82) is 0 Å². The largest absolute Gasteiger partial charge is 0.386 e. The van der Waals surface area contributed by atoms with Crippen LogP contribution >= 0.6 is 14.7 Å². The predicted molar refractivity (Wildman–Crippen MR) is 52.5 cm³/mol. The maximum atomic E-state index is 12.0. The lowest BCUT2D eigenvalue weighted by Gasteiger charge is -2.29. The van der Waals surface area contributed by atoms with Gasteiger partial charge in [-0.3, -0.25) is 4.57 Å². The molecule has 0 spiro atoms. The summed E-state index contributed by atoms with van der Waals surface area (Å²) in [6, 6.07) is 0. The molecule has 0 radical (unpaired) electrons. The van der Waals surface area contributed by atoms with E-state index in [2.05, 4.69) is 0 Å². The average Bonchev–Trinajstić information content (AvgIpc) is 1.99. The Hall–Kier alpha value is 0.300. The van der Waals surface area contributed by atoms with Crippen molar-refractivity contribution in [3.05, 3.63) is 0 Å². The first-order valence-electron chi connectivity index (χ1n) is 4.05. The van der Waals surface area contributed by atoms with Crippen molar-refractivity contribution < 1.29 is 29.1 Å². The number of rotatable bonds is 4. The van der Waals surface area contributed by atoms with Gasteiger partial charge in [-0.2, -0.15) is 0 Å². The van der Waals surface area contributed by atoms with E-state index in [9.17, 15) is 19.3 Å². The first-order valence-corrected chi connectivity index (χ1v) is 7.64. The number of hydrogen-bond donors (Lipinski definition) is 4. The highest BCUT2D eigenvalue weighted by atomic mass is 31.2. The molecule has 0 saturated heterocycles. The van der Waals surface area contributed by atoms with Crippen LogP contribution in [0.2, 0.25) is 0 Å². The van der Waals surface area contributed by atoms with E-state index in [1.807, 2.05) is 0 Å². The summed E-state index contributed by atoms with van der Waals surface area (Å²) in [5, 5.41) is 16.9. The third-order valence-electron chi connectivity index (χ3n) is 2.24. The van der Waals surface area contributed by atoms with Crippen LogP contribution in [0.25, 0.3) is 0 Å². The van der Waals surface area contributed by atoms with Gasteiger partial charge in [0.2, 0.25) is 0 Å². The fourth-order valence-corrected chi connectivity index (χ4v) is 6.08. The van der Waals surface area contributed by atoms with Crippen molar-refractivity contribution in [2.45, 2.75) is 37.9 Å². The maximum absolute atomic E-state index is 12.0. The summed E-state index contributed by atoms with van der Waals surface area (Å²) in [5.74, 6) is -2.88. The molecule has 0 aliphatic carbocycles. The first-order chi connectivity index (χ1) is 6.04. The van der Waals surface area contributed by atoms with Crippen molar-refractivity contribution >= 4 is 14.7 Å². The van der Waals surface area contributed by atoms with E-state index in [0.29, 0.717) is 0 Å². The Kier molecular flexibility index (Phi) is 4.53. The van der Waals surface area contributed by atoms with Crippen LogP contribution in [0.15, 0.2) is 0 Å². The lowest BCUT2D eigenvalue weighted by molar-refractivity contribution is 0.225. The Labute approximate surface area is 82.5 Å². The minimum atomic E-state index is -4.57. The van der Waals surface area contributed by atoms with Crippen LogP contribution in [-0.2, 0) is 9.13 Å². The minimum absolute atomic E-state index is 1.07. The summed E-state index contributed by atoms with van der Waals surface area (Å²) in [4.78, 5) is 17.7. The molecule has 14 heavy (non-hydrogen) atoms. The summed E-state index contributed by atoms with van der Waals surface area (Å²) in [7, 11) is -8.30. The molecule has 0 aromatic heterocycles. The summed E-state index contributed by atoms with van der Waals surface area (Å²) in [5.41, 5.74) is 0. The molecule has 3 atom stereocenters. The standard InChI is InChI=1S/C6H16O6P2/c1-4(7)13(9,5(2)8)6(3)14(10,11)12/h4-8H,1-3H3,(H2,10,11,12). The second kappa shape index (κ2) is 4.44. The number of aliphatic hydroxyl groups excluding tert-OH is 2. The fraction of sp³-hybridized carbons (Fsp3) is 1.00. The van der Waals surface area contributed by atoms with E-state index < -0.39 is 31.8 Å². The van der Waals surface area contributed by atoms with Gasteiger partial charge in [-0.1, -0.05) is 0 Å². The van der Waals surface area contributed by atoms with Crippen LogP contribution in [0.4, 0.5) is 0 Å². The van der Waals surface area contributed by atoms with Crippen LogP contribution in [0.3, 0.4) is 0 Å². The summed E-state index contributed by atoms with van der Waals surface area (Å²) < 4.78 is 22.9. The molecule has 0 saturated carbocycles. The van der Waals surface area contributed by atoms with Gasteiger partial charge in [0, 0.05) is 0 Å². The number of aliphatic hydroxyl groups is 2. The Morgan fingerprint density at radius 3 is 1.29 bits per heavy atom. The molecule has 3 unspecified atom stereocenters. The highest BCUT2D eigenvalue weighted by molar-refractivity contribution is 7.77. The van der Waals surface area contributed by atoms with E-state index in [1.54, 1.807) is 0 Å². The van der Waals surface area contributed by atoms with E-state index in [-0.39, 0.29) is 0 Å². The molecule has 8 heteroatoms. The summed E-state index contributed by atoms with van der Waals surface area (Å²) in [6.45, 7) is 3.38. The Bertz CT molecular complexity index is 268. The molecule has 4 N–H and O–H groups in total. The van der Waals surface area contributed by atoms with Crippen molar-refractivity contribution in [1.82, 2.24) is 0 Å². The van der Waals surface area contributed by atoms with Gasteiger partial charge in [-0.15, -0.1) is 0 Å². The number of hydrogen-bond acceptors (Lipinski definition) is 4. The molecule has 6 nitrogen and oxygen atoms in total. The van der Waals surface area contributed by atoms with Crippen LogP contribution in [0, 0.1) is 0 Å². The van der Waals surface area contributed by atoms with Gasteiger partial charge in [0.25, 0.3) is 0 Å². The molecule has 0 aliphatic rings. The maximum Gasteiger partial charge on any atom is 0.335 e. The average molecular weight is 246 g/mol. The molecule has 0 fully saturated rings. The van der Waals surface area contributed by atoms with Crippen LogP contribution in [-0.4, -0.2) is 37.1 Å². The van der Waals surface area contributed by atoms with Gasteiger partial charge in [0.1, 0.15) is 17.1 Å². The third kappa shape index (κ3) is 2.66. The highest BCUT2D eigenvalue weighted by Crippen LogP contribution is 2.68. The van der Waals surface area contributed by atoms with E-state index >= 15 is 0 Å². The Morgan fingerprint density at radius 1 is 0.929 bits per heavy atom. The normalized spacial score (nSPS) is 23.6. The zero-order valence-corrected chi connectivity index (χ0v) is 10.0. The lowest BCUT2D eigenvalue weighted by Crippen LogP contribution is -2.22. The predicted octanol–water partition coefficient (Wildman–Crippen LogP) is 0.550. The second-order valence-corrected chi connectivity index (χ2v) is 9.40. The van der Waals surface area contributed by atoms with Gasteiger partial charge in [-0.05, 0) is 20.8 Å². The van der Waals surface area contributed by atoms with E-state index in [1.165, 1.54) is 0 Å². The topological polar surface area (TPSA) is 115 Å². The SMILES string of the molecule is CC(O)P(=O)(C(C)O)C(C)P(=O)(O)O. The molecule has 0 amide bonds. The van der Waals surface area contributed by atoms with E-state index in [0.717, 1.165) is 20.8 Å². The third-order valence-corrected chi connectivity index (χ3v) is 8.70. The molecule has 0 aliphatic heterocycles. The van der Waals surface area contributed by atoms with Crippen molar-refractivity contribution in [3.8, 4) is 0 Å². The van der Waals surface area contributed by atoms with E-state index in [4.69, 9.17) is 9.79 Å². The monoisotopic (exact) mass is 246 g/mol.